The lowest BCUT2D eigenvalue weighted by molar-refractivity contribution is 0.0664. The summed E-state index contributed by atoms with van der Waals surface area (Å²) in [6.07, 6.45) is 5.28. The lowest BCUT2D eigenvalue weighted by Crippen LogP contribution is -2.44. The molecule has 0 bridgehead atoms. The largest absolute Gasteiger partial charge is 0.441 e. The number of anilines is 2. The van der Waals surface area contributed by atoms with Crippen LogP contribution >= 0.6 is 15.9 Å². The quantitative estimate of drug-likeness (QED) is 0.663. The molecule has 1 aromatic heterocycles. The van der Waals surface area contributed by atoms with E-state index in [2.05, 4.69) is 38.4 Å². The average molecular weight is 459 g/mol. The monoisotopic (exact) mass is 458 g/mol. The maximum absolute atomic E-state index is 12.8. The molecule has 0 unspecified atom stereocenters. The van der Waals surface area contributed by atoms with E-state index in [1.807, 2.05) is 43.0 Å². The van der Waals surface area contributed by atoms with Crippen molar-refractivity contribution in [2.75, 3.05) is 11.1 Å². The van der Waals surface area contributed by atoms with Gasteiger partial charge in [-0.2, -0.15) is 0 Å². The van der Waals surface area contributed by atoms with E-state index < -0.39 is 5.60 Å². The van der Waals surface area contributed by atoms with Crippen molar-refractivity contribution in [1.29, 1.82) is 0 Å². The Morgan fingerprint density at radius 3 is 2.55 bits per heavy atom. The van der Waals surface area contributed by atoms with Gasteiger partial charge in [-0.05, 0) is 67.1 Å². The highest BCUT2D eigenvalue weighted by Crippen LogP contribution is 2.44. The van der Waals surface area contributed by atoms with Gasteiger partial charge in [0.1, 0.15) is 11.4 Å². The molecule has 1 aliphatic carbocycles. The second-order valence-corrected chi connectivity index (χ2v) is 9.35. The van der Waals surface area contributed by atoms with E-state index in [1.54, 1.807) is 6.20 Å². The van der Waals surface area contributed by atoms with Gasteiger partial charge in [-0.1, -0.05) is 30.3 Å². The summed E-state index contributed by atoms with van der Waals surface area (Å²) < 4.78 is 6.64. The van der Waals surface area contributed by atoms with Crippen LogP contribution in [0.1, 0.15) is 51.1 Å². The van der Waals surface area contributed by atoms with Crippen molar-refractivity contribution in [3.63, 3.8) is 0 Å². The fourth-order valence-corrected chi connectivity index (χ4v) is 4.95. The molecule has 1 aliphatic heterocycles. The number of nitrogens with two attached hydrogens (primary N) is 1. The molecule has 6 nitrogen and oxygen atoms in total. The Morgan fingerprint density at radius 2 is 1.90 bits per heavy atom. The fraction of sp³-hybridized carbons (Fsp3) is 0.455. The molecule has 154 valence electrons. The Kier molecular flexibility index (Phi) is 5.42. The van der Waals surface area contributed by atoms with E-state index in [-0.39, 0.29) is 18.2 Å². The summed E-state index contributed by atoms with van der Waals surface area (Å²) in [5.41, 5.74) is 7.27. The zero-order valence-electron chi connectivity index (χ0n) is 16.8. The van der Waals surface area contributed by atoms with Gasteiger partial charge in [0, 0.05) is 22.8 Å². The van der Waals surface area contributed by atoms with Gasteiger partial charge < -0.3 is 15.8 Å². The van der Waals surface area contributed by atoms with Gasteiger partial charge in [-0.3, -0.25) is 4.90 Å². The van der Waals surface area contributed by atoms with Gasteiger partial charge in [-0.25, -0.2) is 9.78 Å². The first kappa shape index (κ1) is 20.0. The van der Waals surface area contributed by atoms with Gasteiger partial charge in [0.15, 0.2) is 0 Å². The Morgan fingerprint density at radius 1 is 1.21 bits per heavy atom. The minimum Gasteiger partial charge on any atom is -0.441 e. The number of aromatic nitrogens is 1. The summed E-state index contributed by atoms with van der Waals surface area (Å²) in [4.78, 5) is 19.1. The average Bonchev–Trinajstić information content (AvgIpc) is 2.93. The lowest BCUT2D eigenvalue weighted by Gasteiger charge is -2.38. The first-order chi connectivity index (χ1) is 13.8. The number of hydrogen-bond acceptors (Lipinski definition) is 5. The van der Waals surface area contributed by atoms with Crippen LogP contribution in [0.4, 0.5) is 16.3 Å². The van der Waals surface area contributed by atoms with Crippen LogP contribution in [-0.2, 0) is 4.74 Å². The molecule has 0 spiro atoms. The number of nitrogens with one attached hydrogen (secondary N) is 1. The number of cyclic esters (lactones) is 1. The van der Waals surface area contributed by atoms with E-state index in [9.17, 15) is 4.79 Å². The summed E-state index contributed by atoms with van der Waals surface area (Å²) in [5, 5.41) is 3.47. The van der Waals surface area contributed by atoms with Crippen LogP contribution in [0.5, 0.6) is 0 Å². The molecule has 1 saturated heterocycles. The molecule has 2 aromatic rings. The predicted octanol–water partition coefficient (Wildman–Crippen LogP) is 5.12. The predicted molar refractivity (Wildman–Crippen MR) is 118 cm³/mol. The molecule has 1 saturated carbocycles. The molecule has 3 N–H and O–H groups in total. The Hall–Kier alpha value is -2.28. The lowest BCUT2D eigenvalue weighted by atomic mass is 9.86. The Labute approximate surface area is 180 Å². The molecule has 2 aliphatic rings. The standard InChI is InChI=1S/C22H27BrN4O2/c1-22(2)19(14-6-4-3-5-7-14)27(21(28)29-22)17-10-8-16(9-11-17)26-20-18(24)12-15(23)13-25-20/h3-7,12-13,16-17,19H,8-11,24H2,1-2H3,(H,25,26)/t16?,17?,19-/m0/s1. The molecule has 7 heteroatoms. The van der Waals surface area contributed by atoms with Crippen LogP contribution < -0.4 is 11.1 Å². The minimum absolute atomic E-state index is 0.0745. The summed E-state index contributed by atoms with van der Waals surface area (Å²) in [6, 6.07) is 12.4. The first-order valence-corrected chi connectivity index (χ1v) is 10.9. The molecule has 1 amide bonds. The zero-order chi connectivity index (χ0) is 20.6. The first-order valence-electron chi connectivity index (χ1n) is 10.1. The number of ether oxygens (including phenoxy) is 1. The van der Waals surface area contributed by atoms with Crippen molar-refractivity contribution >= 4 is 33.5 Å². The minimum atomic E-state index is -0.552. The smallest absolute Gasteiger partial charge is 0.411 e. The number of hydrogen-bond donors (Lipinski definition) is 2. The van der Waals surface area contributed by atoms with Crippen LogP contribution in [0.25, 0.3) is 0 Å². The van der Waals surface area contributed by atoms with E-state index in [4.69, 9.17) is 10.5 Å². The second kappa shape index (κ2) is 7.86. The van der Waals surface area contributed by atoms with Crippen LogP contribution in [0, 0.1) is 0 Å². The fourth-order valence-electron chi connectivity index (χ4n) is 4.60. The molecule has 1 aromatic carbocycles. The van der Waals surface area contributed by atoms with Crippen molar-refractivity contribution in [3.05, 3.63) is 52.6 Å². The van der Waals surface area contributed by atoms with Crippen LogP contribution in [0.3, 0.4) is 0 Å². The van der Waals surface area contributed by atoms with Crippen LogP contribution in [0.2, 0.25) is 0 Å². The normalized spacial score (nSPS) is 26.2. The summed E-state index contributed by atoms with van der Waals surface area (Å²) in [5.74, 6) is 0.723. The maximum Gasteiger partial charge on any atom is 0.411 e. The number of carbonyl (C=O) groups is 1. The number of rotatable bonds is 4. The number of carbonyl (C=O) groups excluding carboxylic acids is 1. The number of amides is 1. The second-order valence-electron chi connectivity index (χ2n) is 8.43. The number of benzene rings is 1. The van der Waals surface area contributed by atoms with Gasteiger partial charge in [0.05, 0.1) is 11.7 Å². The van der Waals surface area contributed by atoms with Gasteiger partial charge >= 0.3 is 6.09 Å². The van der Waals surface area contributed by atoms with E-state index >= 15 is 0 Å². The zero-order valence-corrected chi connectivity index (χ0v) is 18.4. The van der Waals surface area contributed by atoms with Crippen molar-refractivity contribution < 1.29 is 9.53 Å². The molecule has 0 radical (unpaired) electrons. The molecule has 29 heavy (non-hydrogen) atoms. The van der Waals surface area contributed by atoms with Crippen LogP contribution in [-0.4, -0.2) is 33.7 Å². The molecule has 2 fully saturated rings. The van der Waals surface area contributed by atoms with E-state index in [0.717, 1.165) is 41.5 Å². The molecule has 4 rings (SSSR count). The topological polar surface area (TPSA) is 80.5 Å². The third kappa shape index (κ3) is 4.06. The van der Waals surface area contributed by atoms with E-state index in [1.165, 1.54) is 0 Å². The van der Waals surface area contributed by atoms with E-state index in [0.29, 0.717) is 11.7 Å². The van der Waals surface area contributed by atoms with Crippen molar-refractivity contribution in [3.8, 4) is 0 Å². The summed E-state index contributed by atoms with van der Waals surface area (Å²) >= 11 is 3.39. The Balaban J connectivity index is 1.46. The highest BCUT2D eigenvalue weighted by atomic mass is 79.9. The molecular weight excluding hydrogens is 432 g/mol. The van der Waals surface area contributed by atoms with Gasteiger partial charge in [-0.15, -0.1) is 0 Å². The van der Waals surface area contributed by atoms with Gasteiger partial charge in [0.25, 0.3) is 0 Å². The van der Waals surface area contributed by atoms with Crippen molar-refractivity contribution in [2.45, 2.75) is 63.3 Å². The van der Waals surface area contributed by atoms with Crippen LogP contribution in [0.15, 0.2) is 47.1 Å². The van der Waals surface area contributed by atoms with Gasteiger partial charge in [0.2, 0.25) is 0 Å². The molecule has 1 atom stereocenters. The maximum atomic E-state index is 12.8. The highest BCUT2D eigenvalue weighted by Gasteiger charge is 2.51. The van der Waals surface area contributed by atoms with Crippen molar-refractivity contribution in [2.24, 2.45) is 0 Å². The SMILES string of the molecule is CC1(C)OC(=O)N(C2CCC(Nc3ncc(Br)cc3N)CC2)[C@H]1c1ccccc1. The number of pyridine rings is 1. The summed E-state index contributed by atoms with van der Waals surface area (Å²) in [7, 11) is 0. The van der Waals surface area contributed by atoms with Crippen molar-refractivity contribution in [1.82, 2.24) is 9.88 Å². The number of nitrogens with zero attached hydrogens (tertiary/aromatic N) is 2. The third-order valence-corrected chi connectivity index (χ3v) is 6.36. The number of halogens is 1. The third-order valence-electron chi connectivity index (χ3n) is 5.93. The Bertz CT molecular complexity index is 882. The molecule has 2 heterocycles. The summed E-state index contributed by atoms with van der Waals surface area (Å²) in [6.45, 7) is 4.00. The number of nitrogen functional groups attached to an aromatic ring is 1. The highest BCUT2D eigenvalue weighted by molar-refractivity contribution is 9.10. The molecular formula is C22H27BrN4O2.